The summed E-state index contributed by atoms with van der Waals surface area (Å²) in [5.74, 6) is -1.21. The topological polar surface area (TPSA) is 91.3 Å². The van der Waals surface area contributed by atoms with E-state index in [9.17, 15) is 9.59 Å². The minimum Gasteiger partial charge on any atom is -0.478 e. The third kappa shape index (κ3) is 3.25. The number of urea groups is 1. The van der Waals surface area contributed by atoms with Crippen molar-refractivity contribution in [1.82, 2.24) is 4.98 Å². The molecule has 0 aliphatic rings. The van der Waals surface area contributed by atoms with E-state index in [1.54, 1.807) is 18.4 Å². The number of hydrogen-bond acceptors (Lipinski definition) is 4. The van der Waals surface area contributed by atoms with Gasteiger partial charge in [0.05, 0.1) is 16.4 Å². The number of carboxylic acid groups (broad SMARTS) is 1. The molecule has 1 heterocycles. The van der Waals surface area contributed by atoms with Crippen molar-refractivity contribution in [3.8, 4) is 0 Å². The van der Waals surface area contributed by atoms with Gasteiger partial charge in [0, 0.05) is 5.38 Å². The highest BCUT2D eigenvalue weighted by Crippen LogP contribution is 2.24. The number of nitrogens with one attached hydrogen (secondary N) is 2. The van der Waals surface area contributed by atoms with Crippen LogP contribution in [-0.2, 0) is 0 Å². The van der Waals surface area contributed by atoms with Crippen molar-refractivity contribution in [1.29, 1.82) is 0 Å². The molecular weight excluding hydrogens is 302 g/mol. The van der Waals surface area contributed by atoms with Gasteiger partial charge in [0.15, 0.2) is 5.13 Å². The normalized spacial score (nSPS) is 10.1. The molecule has 3 N–H and O–H groups in total. The Morgan fingerprint density at radius 3 is 2.70 bits per heavy atom. The van der Waals surface area contributed by atoms with Crippen LogP contribution in [0.2, 0.25) is 5.02 Å². The first kappa shape index (κ1) is 14.3. The fourth-order valence-electron chi connectivity index (χ4n) is 1.51. The number of carbonyl (C=O) groups is 2. The summed E-state index contributed by atoms with van der Waals surface area (Å²) >= 11 is 7.09. The molecule has 20 heavy (non-hydrogen) atoms. The molecule has 2 aromatic rings. The van der Waals surface area contributed by atoms with Gasteiger partial charge in [0.25, 0.3) is 0 Å². The van der Waals surface area contributed by atoms with Crippen molar-refractivity contribution in [3.05, 3.63) is 39.9 Å². The fraction of sp³-hybridized carbons (Fsp3) is 0.0833. The zero-order chi connectivity index (χ0) is 14.7. The molecule has 1 aromatic carbocycles. The van der Waals surface area contributed by atoms with Crippen LogP contribution in [0.4, 0.5) is 15.6 Å². The Hall–Kier alpha value is -2.12. The molecule has 8 heteroatoms. The highest BCUT2D eigenvalue weighted by atomic mass is 35.5. The first-order valence-corrected chi connectivity index (χ1v) is 6.75. The summed E-state index contributed by atoms with van der Waals surface area (Å²) in [7, 11) is 0. The second kappa shape index (κ2) is 5.89. The smallest absolute Gasteiger partial charge is 0.339 e. The highest BCUT2D eigenvalue weighted by molar-refractivity contribution is 7.13. The first-order valence-electron chi connectivity index (χ1n) is 5.49. The molecule has 6 nitrogen and oxygen atoms in total. The Balaban J connectivity index is 2.16. The summed E-state index contributed by atoms with van der Waals surface area (Å²) in [6.45, 7) is 1.80. The lowest BCUT2D eigenvalue weighted by Crippen LogP contribution is -2.21. The van der Waals surface area contributed by atoms with Gasteiger partial charge < -0.3 is 10.4 Å². The second-order valence-electron chi connectivity index (χ2n) is 3.84. The molecule has 0 fully saturated rings. The number of aromatic carboxylic acids is 1. The summed E-state index contributed by atoms with van der Waals surface area (Å²) in [6, 6.07) is 3.88. The molecule has 2 amide bonds. The van der Waals surface area contributed by atoms with E-state index in [4.69, 9.17) is 16.7 Å². The Kier molecular flexibility index (Phi) is 4.21. The van der Waals surface area contributed by atoms with Crippen LogP contribution in [0, 0.1) is 6.92 Å². The first-order chi connectivity index (χ1) is 9.47. The molecule has 1 aromatic heterocycles. The van der Waals surface area contributed by atoms with Crippen molar-refractivity contribution in [2.75, 3.05) is 10.6 Å². The molecule has 0 atom stereocenters. The number of carbonyl (C=O) groups excluding carboxylic acids is 1. The zero-order valence-corrected chi connectivity index (χ0v) is 11.9. The quantitative estimate of drug-likeness (QED) is 0.809. The van der Waals surface area contributed by atoms with Gasteiger partial charge in [-0.3, -0.25) is 5.32 Å². The van der Waals surface area contributed by atoms with Crippen LogP contribution in [0.5, 0.6) is 0 Å². The average Bonchev–Trinajstić information content (AvgIpc) is 2.74. The Bertz CT molecular complexity index is 672. The number of benzene rings is 1. The van der Waals surface area contributed by atoms with Crippen molar-refractivity contribution in [2.24, 2.45) is 0 Å². The maximum absolute atomic E-state index is 11.8. The number of halogens is 1. The standard InChI is InChI=1S/C12H10ClN3O3S/c1-6-5-20-12(14-6)16-11(19)15-8-4-2-3-7(13)9(8)10(17)18/h2-5H,1H3,(H,17,18)(H2,14,15,16,19). The number of nitrogens with zero attached hydrogens (tertiary/aromatic N) is 1. The summed E-state index contributed by atoms with van der Waals surface area (Å²) in [5.41, 5.74) is 0.759. The molecule has 0 saturated carbocycles. The van der Waals surface area contributed by atoms with Crippen LogP contribution < -0.4 is 10.6 Å². The summed E-state index contributed by atoms with van der Waals surface area (Å²) < 4.78 is 0. The molecule has 0 unspecified atom stereocenters. The van der Waals surface area contributed by atoms with Crippen LogP contribution in [0.3, 0.4) is 0 Å². The lowest BCUT2D eigenvalue weighted by Gasteiger charge is -2.09. The number of aromatic nitrogens is 1. The number of thiazole rings is 1. The third-order valence-corrected chi connectivity index (χ3v) is 3.51. The van der Waals surface area contributed by atoms with Gasteiger partial charge in [-0.1, -0.05) is 17.7 Å². The van der Waals surface area contributed by atoms with Gasteiger partial charge in [0.2, 0.25) is 0 Å². The predicted molar refractivity (Wildman–Crippen MR) is 77.9 cm³/mol. The molecule has 0 spiro atoms. The van der Waals surface area contributed by atoms with E-state index in [2.05, 4.69) is 15.6 Å². The lowest BCUT2D eigenvalue weighted by atomic mass is 10.2. The molecule has 0 saturated heterocycles. The molecule has 0 bridgehead atoms. The SMILES string of the molecule is Cc1csc(NC(=O)Nc2cccc(Cl)c2C(=O)O)n1. The highest BCUT2D eigenvalue weighted by Gasteiger charge is 2.16. The lowest BCUT2D eigenvalue weighted by molar-refractivity contribution is 0.0698. The van der Waals surface area contributed by atoms with Crippen LogP contribution in [0.25, 0.3) is 0 Å². The summed E-state index contributed by atoms with van der Waals surface area (Å²) in [4.78, 5) is 27.0. The zero-order valence-electron chi connectivity index (χ0n) is 10.3. The number of amides is 2. The van der Waals surface area contributed by atoms with Crippen LogP contribution in [0.1, 0.15) is 16.1 Å². The van der Waals surface area contributed by atoms with Crippen LogP contribution >= 0.6 is 22.9 Å². The van der Waals surface area contributed by atoms with E-state index in [0.717, 1.165) is 5.69 Å². The van der Waals surface area contributed by atoms with Crippen molar-refractivity contribution >= 4 is 45.8 Å². The van der Waals surface area contributed by atoms with Gasteiger partial charge in [-0.25, -0.2) is 14.6 Å². The number of aryl methyl sites for hydroxylation is 1. The fourth-order valence-corrected chi connectivity index (χ4v) is 2.45. The molecule has 2 rings (SSSR count). The van der Waals surface area contributed by atoms with Gasteiger partial charge in [-0.05, 0) is 19.1 Å². The maximum atomic E-state index is 11.8. The largest absolute Gasteiger partial charge is 0.478 e. The monoisotopic (exact) mass is 311 g/mol. The molecule has 0 aliphatic heterocycles. The average molecular weight is 312 g/mol. The van der Waals surface area contributed by atoms with Crippen LogP contribution in [-0.4, -0.2) is 22.1 Å². The number of hydrogen-bond donors (Lipinski definition) is 3. The molecular formula is C12H10ClN3O3S. The number of rotatable bonds is 3. The number of anilines is 2. The third-order valence-electron chi connectivity index (χ3n) is 2.32. The minimum absolute atomic E-state index is 0.0559. The van der Waals surface area contributed by atoms with Crippen molar-refractivity contribution < 1.29 is 14.7 Å². The predicted octanol–water partition coefficient (Wildman–Crippen LogP) is 3.45. The van der Waals surface area contributed by atoms with Gasteiger partial charge in [-0.2, -0.15) is 0 Å². The van der Waals surface area contributed by atoms with E-state index in [0.29, 0.717) is 5.13 Å². The van der Waals surface area contributed by atoms with Crippen LogP contribution in [0.15, 0.2) is 23.6 Å². The van der Waals surface area contributed by atoms with E-state index in [1.807, 2.05) is 0 Å². The van der Waals surface area contributed by atoms with E-state index < -0.39 is 12.0 Å². The van der Waals surface area contributed by atoms with E-state index >= 15 is 0 Å². The molecule has 0 radical (unpaired) electrons. The molecule has 104 valence electrons. The summed E-state index contributed by atoms with van der Waals surface area (Å²) in [5, 5.41) is 16.3. The van der Waals surface area contributed by atoms with Crippen molar-refractivity contribution in [3.63, 3.8) is 0 Å². The van der Waals surface area contributed by atoms with E-state index in [-0.39, 0.29) is 16.3 Å². The van der Waals surface area contributed by atoms with Crippen molar-refractivity contribution in [2.45, 2.75) is 6.92 Å². The van der Waals surface area contributed by atoms with Gasteiger partial charge in [-0.15, -0.1) is 11.3 Å². The van der Waals surface area contributed by atoms with E-state index in [1.165, 1.54) is 23.5 Å². The number of carboxylic acids is 1. The Morgan fingerprint density at radius 2 is 2.10 bits per heavy atom. The molecule has 0 aliphatic carbocycles. The second-order valence-corrected chi connectivity index (χ2v) is 5.11. The van der Waals surface area contributed by atoms with Gasteiger partial charge >= 0.3 is 12.0 Å². The Labute approximate surface area is 123 Å². The maximum Gasteiger partial charge on any atom is 0.339 e. The Morgan fingerprint density at radius 1 is 1.35 bits per heavy atom. The summed E-state index contributed by atoms with van der Waals surface area (Å²) in [6.07, 6.45) is 0. The minimum atomic E-state index is -1.21. The van der Waals surface area contributed by atoms with Gasteiger partial charge in [0.1, 0.15) is 5.56 Å².